The Hall–Kier alpha value is -2.81. The Labute approximate surface area is 142 Å². The summed E-state index contributed by atoms with van der Waals surface area (Å²) >= 11 is 0. The molecule has 3 aromatic rings. The fraction of sp³-hybridized carbons (Fsp3) is 0.190. The van der Waals surface area contributed by atoms with Crippen LogP contribution >= 0.6 is 0 Å². The van der Waals surface area contributed by atoms with Crippen molar-refractivity contribution in [3.63, 3.8) is 0 Å². The maximum atomic E-state index is 6.20. The number of rotatable bonds is 1. The number of nitrogens with zero attached hydrogens (tertiary/aromatic N) is 2. The molecule has 1 aliphatic heterocycles. The first-order valence-electron chi connectivity index (χ1n) is 8.17. The predicted molar refractivity (Wildman–Crippen MR) is 98.1 cm³/mol. The normalized spacial score (nSPS) is 13.0. The van der Waals surface area contributed by atoms with E-state index in [1.807, 2.05) is 48.7 Å². The van der Waals surface area contributed by atoms with Crippen molar-refractivity contribution < 1.29 is 4.74 Å². The molecule has 0 N–H and O–H groups in total. The number of aromatic nitrogens is 1. The van der Waals surface area contributed by atoms with E-state index in [9.17, 15) is 0 Å². The highest BCUT2D eigenvalue weighted by Crippen LogP contribution is 2.52. The molecule has 0 atom stereocenters. The summed E-state index contributed by atoms with van der Waals surface area (Å²) in [5.41, 5.74) is 4.09. The number of pyridine rings is 1. The zero-order chi connectivity index (χ0) is 16.7. The second kappa shape index (κ2) is 5.38. The minimum absolute atomic E-state index is 0.0977. The molecule has 0 bridgehead atoms. The minimum atomic E-state index is -0.0977. The second-order valence-corrected chi connectivity index (χ2v) is 6.94. The lowest BCUT2D eigenvalue weighted by Crippen LogP contribution is -2.39. The Bertz CT molecular complexity index is 882. The number of fused-ring (bicyclic) bond motifs is 2. The van der Waals surface area contributed by atoms with E-state index in [0.717, 1.165) is 34.1 Å². The quantitative estimate of drug-likeness (QED) is 0.568. The van der Waals surface area contributed by atoms with Crippen LogP contribution in [0.3, 0.4) is 0 Å². The van der Waals surface area contributed by atoms with Crippen molar-refractivity contribution in [2.24, 2.45) is 0 Å². The fourth-order valence-electron chi connectivity index (χ4n) is 3.23. The van der Waals surface area contributed by atoms with E-state index in [0.29, 0.717) is 0 Å². The van der Waals surface area contributed by atoms with Crippen molar-refractivity contribution in [3.8, 4) is 22.8 Å². The second-order valence-electron chi connectivity index (χ2n) is 6.94. The van der Waals surface area contributed by atoms with Crippen molar-refractivity contribution in [2.45, 2.75) is 26.3 Å². The first kappa shape index (κ1) is 14.8. The molecular weight excluding hydrogens is 296 g/mol. The molecule has 0 aliphatic carbocycles. The van der Waals surface area contributed by atoms with Crippen LogP contribution in [0.1, 0.15) is 20.8 Å². The van der Waals surface area contributed by atoms with E-state index < -0.39 is 0 Å². The molecule has 1 aromatic heterocycles. The molecule has 0 radical (unpaired) electrons. The summed E-state index contributed by atoms with van der Waals surface area (Å²) in [5.74, 6) is 1.75. The highest BCUT2D eigenvalue weighted by atomic mass is 16.5. The molecule has 3 nitrogen and oxygen atoms in total. The number of anilines is 2. The number of ether oxygens (including phenoxy) is 1. The average Bonchev–Trinajstić information content (AvgIpc) is 2.59. The number of hydrogen-bond acceptors (Lipinski definition) is 3. The molecule has 24 heavy (non-hydrogen) atoms. The SMILES string of the molecule is CC(C)(C)N1c2ccccc2Oc2cccc(-c3ccccn3)c21. The summed E-state index contributed by atoms with van der Waals surface area (Å²) in [4.78, 5) is 6.90. The van der Waals surface area contributed by atoms with Gasteiger partial charge in [-0.05, 0) is 51.1 Å². The first-order chi connectivity index (χ1) is 11.6. The van der Waals surface area contributed by atoms with Crippen molar-refractivity contribution in [2.75, 3.05) is 4.90 Å². The third kappa shape index (κ3) is 2.33. The highest BCUT2D eigenvalue weighted by Gasteiger charge is 2.34. The Kier molecular flexibility index (Phi) is 3.31. The molecule has 0 spiro atoms. The maximum Gasteiger partial charge on any atom is 0.151 e. The van der Waals surface area contributed by atoms with Gasteiger partial charge in [-0.1, -0.05) is 30.3 Å². The summed E-state index contributed by atoms with van der Waals surface area (Å²) in [5, 5.41) is 0. The largest absolute Gasteiger partial charge is 0.453 e. The average molecular weight is 316 g/mol. The van der Waals surface area contributed by atoms with Crippen molar-refractivity contribution in [1.82, 2.24) is 4.98 Å². The van der Waals surface area contributed by atoms with E-state index in [-0.39, 0.29) is 5.54 Å². The molecule has 0 fully saturated rings. The number of para-hydroxylation sites is 3. The van der Waals surface area contributed by atoms with Crippen LogP contribution < -0.4 is 9.64 Å². The van der Waals surface area contributed by atoms with E-state index in [1.165, 1.54) is 0 Å². The van der Waals surface area contributed by atoms with Crippen LogP contribution in [0.2, 0.25) is 0 Å². The molecule has 2 aromatic carbocycles. The number of hydrogen-bond donors (Lipinski definition) is 0. The zero-order valence-electron chi connectivity index (χ0n) is 14.2. The lowest BCUT2D eigenvalue weighted by Gasteiger charge is -2.42. The smallest absolute Gasteiger partial charge is 0.151 e. The molecule has 3 heteroatoms. The Balaban J connectivity index is 2.00. The van der Waals surface area contributed by atoms with E-state index in [1.54, 1.807) is 0 Å². The van der Waals surface area contributed by atoms with Gasteiger partial charge >= 0.3 is 0 Å². The summed E-state index contributed by atoms with van der Waals surface area (Å²) < 4.78 is 6.20. The van der Waals surface area contributed by atoms with Gasteiger partial charge in [0.05, 0.1) is 17.1 Å². The molecular formula is C21H20N2O. The molecule has 120 valence electrons. The molecule has 0 unspecified atom stereocenters. The summed E-state index contributed by atoms with van der Waals surface area (Å²) in [7, 11) is 0. The van der Waals surface area contributed by atoms with E-state index in [2.05, 4.69) is 48.9 Å². The van der Waals surface area contributed by atoms with Gasteiger partial charge in [0.2, 0.25) is 0 Å². The topological polar surface area (TPSA) is 25.4 Å². The van der Waals surface area contributed by atoms with Gasteiger partial charge in [-0.2, -0.15) is 0 Å². The third-order valence-electron chi connectivity index (χ3n) is 4.16. The molecule has 0 saturated heterocycles. The number of benzene rings is 2. The molecule has 0 saturated carbocycles. The van der Waals surface area contributed by atoms with Crippen molar-refractivity contribution >= 4 is 11.4 Å². The monoisotopic (exact) mass is 316 g/mol. The van der Waals surface area contributed by atoms with Gasteiger partial charge in [0.1, 0.15) is 0 Å². The van der Waals surface area contributed by atoms with E-state index in [4.69, 9.17) is 4.74 Å². The minimum Gasteiger partial charge on any atom is -0.453 e. The van der Waals surface area contributed by atoms with Crippen LogP contribution in [-0.2, 0) is 0 Å². The lowest BCUT2D eigenvalue weighted by molar-refractivity contribution is 0.451. The van der Waals surface area contributed by atoms with Gasteiger partial charge in [-0.25, -0.2) is 0 Å². The van der Waals surface area contributed by atoms with Crippen LogP contribution in [0.25, 0.3) is 11.3 Å². The van der Waals surface area contributed by atoms with Crippen LogP contribution in [0.15, 0.2) is 66.9 Å². The van der Waals surface area contributed by atoms with Gasteiger partial charge in [-0.15, -0.1) is 0 Å². The van der Waals surface area contributed by atoms with Gasteiger partial charge in [-0.3, -0.25) is 4.98 Å². The standard InChI is InChI=1S/C21H20N2O/c1-21(2,3)23-17-11-4-5-12-18(17)24-19-13-8-9-15(20(19)23)16-10-6-7-14-22-16/h4-14H,1-3H3. The molecule has 1 aliphatic rings. The van der Waals surface area contributed by atoms with Gasteiger partial charge in [0.15, 0.2) is 11.5 Å². The highest BCUT2D eigenvalue weighted by molar-refractivity contribution is 5.89. The van der Waals surface area contributed by atoms with Crippen molar-refractivity contribution in [1.29, 1.82) is 0 Å². The summed E-state index contributed by atoms with van der Waals surface area (Å²) in [6.07, 6.45) is 1.83. The predicted octanol–water partition coefficient (Wildman–Crippen LogP) is 5.79. The molecule has 0 amide bonds. The van der Waals surface area contributed by atoms with E-state index >= 15 is 0 Å². The summed E-state index contributed by atoms with van der Waals surface area (Å²) in [6, 6.07) is 20.3. The third-order valence-corrected chi connectivity index (χ3v) is 4.16. The maximum absolute atomic E-state index is 6.20. The zero-order valence-corrected chi connectivity index (χ0v) is 14.2. The first-order valence-corrected chi connectivity index (χ1v) is 8.17. The van der Waals surface area contributed by atoms with Crippen LogP contribution in [0.4, 0.5) is 11.4 Å². The summed E-state index contributed by atoms with van der Waals surface area (Å²) in [6.45, 7) is 6.65. The van der Waals surface area contributed by atoms with Gasteiger partial charge in [0.25, 0.3) is 0 Å². The van der Waals surface area contributed by atoms with Crippen molar-refractivity contribution in [3.05, 3.63) is 66.9 Å². The van der Waals surface area contributed by atoms with Crippen LogP contribution in [0.5, 0.6) is 11.5 Å². The molecule has 2 heterocycles. The van der Waals surface area contributed by atoms with Crippen LogP contribution in [0, 0.1) is 0 Å². The lowest BCUT2D eigenvalue weighted by atomic mass is 9.97. The Morgan fingerprint density at radius 2 is 1.58 bits per heavy atom. The van der Waals surface area contributed by atoms with Crippen LogP contribution in [-0.4, -0.2) is 10.5 Å². The van der Waals surface area contributed by atoms with Gasteiger partial charge in [0, 0.05) is 17.3 Å². The fourth-order valence-corrected chi connectivity index (χ4v) is 3.23. The Morgan fingerprint density at radius 1 is 0.833 bits per heavy atom. The molecule has 4 rings (SSSR count). The Morgan fingerprint density at radius 3 is 2.33 bits per heavy atom. The van der Waals surface area contributed by atoms with Gasteiger partial charge < -0.3 is 9.64 Å².